The van der Waals surface area contributed by atoms with Gasteiger partial charge in [0.25, 0.3) is 6.43 Å². The van der Waals surface area contributed by atoms with Gasteiger partial charge in [0.2, 0.25) is 0 Å². The number of halogens is 2. The molecule has 1 aliphatic heterocycles. The zero-order valence-electron chi connectivity index (χ0n) is 18.9. The number of alkyl halides is 2. The van der Waals surface area contributed by atoms with Crippen molar-refractivity contribution in [1.82, 2.24) is 14.8 Å². The van der Waals surface area contributed by atoms with Gasteiger partial charge in [-0.3, -0.25) is 9.80 Å². The van der Waals surface area contributed by atoms with Crippen LogP contribution in [0.4, 0.5) is 8.78 Å². The number of benzene rings is 2. The van der Waals surface area contributed by atoms with Crippen LogP contribution in [0.3, 0.4) is 0 Å². The minimum absolute atomic E-state index is 0.0895. The molecule has 7 heteroatoms. The average molecular weight is 456 g/mol. The number of hydrogen-bond acceptors (Lipinski definition) is 3. The maximum Gasteiger partial charge on any atom is 0.335 e. The first kappa shape index (κ1) is 23.4. The lowest BCUT2D eigenvalue weighted by molar-refractivity contribution is 0.0543. The first-order chi connectivity index (χ1) is 15.9. The van der Waals surface area contributed by atoms with Crippen molar-refractivity contribution in [2.24, 2.45) is 0 Å². The van der Waals surface area contributed by atoms with Gasteiger partial charge in [-0.2, -0.15) is 0 Å². The van der Waals surface area contributed by atoms with E-state index in [1.54, 1.807) is 30.3 Å². The molecule has 0 radical (unpaired) electrons. The van der Waals surface area contributed by atoms with E-state index in [0.29, 0.717) is 5.56 Å². The second-order valence-corrected chi connectivity index (χ2v) is 8.94. The minimum Gasteiger partial charge on any atom is -0.478 e. The van der Waals surface area contributed by atoms with Gasteiger partial charge in [-0.15, -0.1) is 0 Å². The summed E-state index contributed by atoms with van der Waals surface area (Å²) in [7, 11) is 0. The highest BCUT2D eigenvalue weighted by Gasteiger charge is 2.29. The Balaban J connectivity index is 0.000000243. The van der Waals surface area contributed by atoms with Gasteiger partial charge < -0.3 is 10.1 Å². The molecule has 2 fully saturated rings. The molecule has 0 bridgehead atoms. The zero-order valence-corrected chi connectivity index (χ0v) is 18.9. The fraction of sp³-hybridized carbons (Fsp3) is 0.423. The van der Waals surface area contributed by atoms with E-state index < -0.39 is 12.4 Å². The molecule has 1 aromatic heterocycles. The van der Waals surface area contributed by atoms with Crippen molar-refractivity contribution in [1.29, 1.82) is 0 Å². The molecule has 0 amide bonds. The van der Waals surface area contributed by atoms with Crippen LogP contribution in [-0.4, -0.2) is 65.0 Å². The van der Waals surface area contributed by atoms with Crippen molar-refractivity contribution in [3.8, 4) is 0 Å². The molecule has 2 heterocycles. The van der Waals surface area contributed by atoms with E-state index in [0.717, 1.165) is 38.6 Å². The van der Waals surface area contributed by atoms with Crippen molar-refractivity contribution < 1.29 is 18.7 Å². The third-order valence-electron chi connectivity index (χ3n) is 6.47. The zero-order chi connectivity index (χ0) is 23.4. The molecule has 176 valence electrons. The molecular weight excluding hydrogens is 424 g/mol. The Morgan fingerprint density at radius 1 is 1.09 bits per heavy atom. The molecule has 0 spiro atoms. The van der Waals surface area contributed by atoms with Gasteiger partial charge in [-0.25, -0.2) is 13.6 Å². The smallest absolute Gasteiger partial charge is 0.335 e. The third-order valence-corrected chi connectivity index (χ3v) is 6.47. The quantitative estimate of drug-likeness (QED) is 0.542. The summed E-state index contributed by atoms with van der Waals surface area (Å²) in [6.45, 7) is 6.25. The summed E-state index contributed by atoms with van der Waals surface area (Å²) in [5.41, 5.74) is 5.85. The van der Waals surface area contributed by atoms with Crippen molar-refractivity contribution in [2.75, 3.05) is 32.7 Å². The average Bonchev–Trinajstić information content (AvgIpc) is 3.53. The second kappa shape index (κ2) is 10.4. The molecule has 5 rings (SSSR count). The number of carbonyl (C=O) groups is 1. The Kier molecular flexibility index (Phi) is 7.40. The summed E-state index contributed by atoms with van der Waals surface area (Å²) in [6, 6.07) is 12.8. The molecule has 2 N–H and O–H groups in total. The predicted molar refractivity (Wildman–Crippen MR) is 126 cm³/mol. The Morgan fingerprint density at radius 3 is 2.33 bits per heavy atom. The molecule has 33 heavy (non-hydrogen) atoms. The normalized spacial score (nSPS) is 17.2. The van der Waals surface area contributed by atoms with Crippen molar-refractivity contribution in [3.63, 3.8) is 0 Å². The van der Waals surface area contributed by atoms with Gasteiger partial charge >= 0.3 is 5.97 Å². The molecule has 3 aromatic rings. The number of aryl methyl sites for hydroxylation is 1. The van der Waals surface area contributed by atoms with Crippen molar-refractivity contribution in [2.45, 2.75) is 38.7 Å². The van der Waals surface area contributed by atoms with Crippen LogP contribution in [0.5, 0.6) is 0 Å². The van der Waals surface area contributed by atoms with E-state index in [-0.39, 0.29) is 6.54 Å². The Labute approximate surface area is 193 Å². The fourth-order valence-corrected chi connectivity index (χ4v) is 4.56. The van der Waals surface area contributed by atoms with E-state index in [1.807, 2.05) is 11.1 Å². The monoisotopic (exact) mass is 455 g/mol. The molecule has 0 unspecified atom stereocenters. The van der Waals surface area contributed by atoms with E-state index in [1.165, 1.54) is 40.4 Å². The number of aromatic nitrogens is 1. The Bertz CT molecular complexity index is 1070. The number of fused-ring (bicyclic) bond motifs is 1. The standard InChI is InChI=1S/C19H25F2N3.C7H6O2/c1-13-10-16(14-2-3-14)17(15-4-5-22-19(13)15)11-23-6-8-24(9-7-23)12-18(20)21;8-7(9)6-4-2-1-3-5-6/h4-5,10,14,18,22H,2-3,6-9,11-12H2,1H3;1-5H,(H,8,9). The van der Waals surface area contributed by atoms with Crippen LogP contribution in [-0.2, 0) is 6.54 Å². The molecule has 2 aromatic carbocycles. The largest absolute Gasteiger partial charge is 0.478 e. The van der Waals surface area contributed by atoms with Crippen molar-refractivity contribution in [3.05, 3.63) is 70.9 Å². The lowest BCUT2D eigenvalue weighted by atomic mass is 9.95. The summed E-state index contributed by atoms with van der Waals surface area (Å²) in [4.78, 5) is 17.9. The lowest BCUT2D eigenvalue weighted by Gasteiger charge is -2.35. The van der Waals surface area contributed by atoms with E-state index in [2.05, 4.69) is 28.9 Å². The van der Waals surface area contributed by atoms with E-state index >= 15 is 0 Å². The van der Waals surface area contributed by atoms with E-state index in [4.69, 9.17) is 5.11 Å². The number of carboxylic acids is 1. The number of piperazine rings is 1. The van der Waals surface area contributed by atoms with Crippen LogP contribution in [0.1, 0.15) is 45.8 Å². The van der Waals surface area contributed by atoms with Crippen LogP contribution in [0.2, 0.25) is 0 Å². The van der Waals surface area contributed by atoms with Gasteiger partial charge in [-0.1, -0.05) is 24.3 Å². The number of aromatic carboxylic acids is 1. The summed E-state index contributed by atoms with van der Waals surface area (Å²) >= 11 is 0. The first-order valence-corrected chi connectivity index (χ1v) is 11.5. The number of nitrogens with one attached hydrogen (secondary N) is 1. The number of aromatic amines is 1. The summed E-state index contributed by atoms with van der Waals surface area (Å²) in [6.07, 6.45) is 2.39. The van der Waals surface area contributed by atoms with Crippen LogP contribution in [0.25, 0.3) is 10.9 Å². The molecule has 2 aliphatic rings. The third kappa shape index (κ3) is 5.97. The van der Waals surface area contributed by atoms with Gasteiger partial charge in [0, 0.05) is 49.8 Å². The van der Waals surface area contributed by atoms with Gasteiger partial charge in [0.15, 0.2) is 0 Å². The summed E-state index contributed by atoms with van der Waals surface area (Å²) in [5, 5.41) is 9.72. The van der Waals surface area contributed by atoms with E-state index in [9.17, 15) is 13.6 Å². The number of rotatable bonds is 6. The van der Waals surface area contributed by atoms with Gasteiger partial charge in [-0.05, 0) is 60.6 Å². The summed E-state index contributed by atoms with van der Waals surface area (Å²) < 4.78 is 25.1. The minimum atomic E-state index is -2.23. The first-order valence-electron chi connectivity index (χ1n) is 11.5. The topological polar surface area (TPSA) is 59.6 Å². The van der Waals surface area contributed by atoms with Crippen LogP contribution >= 0.6 is 0 Å². The molecule has 1 saturated heterocycles. The molecule has 0 atom stereocenters. The molecule has 5 nitrogen and oxygen atoms in total. The highest BCUT2D eigenvalue weighted by Crippen LogP contribution is 2.44. The number of hydrogen-bond donors (Lipinski definition) is 2. The maximum atomic E-state index is 12.5. The van der Waals surface area contributed by atoms with Crippen LogP contribution < -0.4 is 0 Å². The summed E-state index contributed by atoms with van der Waals surface area (Å²) in [5.74, 6) is -0.159. The number of carboxylic acid groups (broad SMARTS) is 1. The van der Waals surface area contributed by atoms with Crippen LogP contribution in [0.15, 0.2) is 48.7 Å². The highest BCUT2D eigenvalue weighted by atomic mass is 19.3. The van der Waals surface area contributed by atoms with Crippen molar-refractivity contribution >= 4 is 16.9 Å². The SMILES string of the molecule is Cc1cc(C2CC2)c(CN2CCN(CC(F)F)CC2)c2cc[nH]c12.O=C(O)c1ccccc1. The predicted octanol–water partition coefficient (Wildman–Crippen LogP) is 5.12. The second-order valence-electron chi connectivity index (χ2n) is 8.94. The Morgan fingerprint density at radius 2 is 1.76 bits per heavy atom. The molecule has 1 aliphatic carbocycles. The number of H-pyrrole nitrogens is 1. The Hall–Kier alpha value is -2.77. The number of nitrogens with zero attached hydrogens (tertiary/aromatic N) is 2. The molecular formula is C26H31F2N3O2. The molecule has 1 saturated carbocycles. The van der Waals surface area contributed by atoms with Gasteiger partial charge in [0.1, 0.15) is 0 Å². The highest BCUT2D eigenvalue weighted by molar-refractivity contribution is 5.88. The van der Waals surface area contributed by atoms with Crippen LogP contribution in [0, 0.1) is 6.92 Å². The lowest BCUT2D eigenvalue weighted by Crippen LogP contribution is -2.47. The van der Waals surface area contributed by atoms with Gasteiger partial charge in [0.05, 0.1) is 12.1 Å². The maximum absolute atomic E-state index is 12.5. The fourth-order valence-electron chi connectivity index (χ4n) is 4.56.